The fourth-order valence-electron chi connectivity index (χ4n) is 1.59. The fraction of sp³-hybridized carbons (Fsp3) is 0.700. The van der Waals surface area contributed by atoms with E-state index in [2.05, 4.69) is 10.4 Å². The summed E-state index contributed by atoms with van der Waals surface area (Å²) in [5.41, 5.74) is 2.42. The summed E-state index contributed by atoms with van der Waals surface area (Å²) in [7, 11) is 1.85. The number of aryl methyl sites for hydroxylation is 2. The predicted octanol–water partition coefficient (Wildman–Crippen LogP) is 1.53. The molecule has 0 aromatic carbocycles. The van der Waals surface area contributed by atoms with Crippen LogP contribution in [0.4, 0.5) is 13.2 Å². The summed E-state index contributed by atoms with van der Waals surface area (Å²) in [5.74, 6) is 6.08. The van der Waals surface area contributed by atoms with Crippen LogP contribution in [0.1, 0.15) is 25.1 Å². The van der Waals surface area contributed by atoms with Crippen LogP contribution in [0.25, 0.3) is 0 Å². The third kappa shape index (κ3) is 5.18. The number of hydrazine groups is 1. The highest BCUT2D eigenvalue weighted by Gasteiger charge is 2.28. The van der Waals surface area contributed by atoms with Crippen molar-refractivity contribution in [1.82, 2.24) is 15.0 Å². The van der Waals surface area contributed by atoms with E-state index < -0.39 is 12.6 Å². The Labute approximate surface area is 98.0 Å². The number of aromatic nitrogens is 2. The Morgan fingerprint density at radius 3 is 2.65 bits per heavy atom. The molecule has 0 radical (unpaired) electrons. The van der Waals surface area contributed by atoms with Gasteiger partial charge in [0, 0.05) is 38.3 Å². The second-order valence-electron chi connectivity index (χ2n) is 4.01. The van der Waals surface area contributed by atoms with Crippen LogP contribution in [0.2, 0.25) is 0 Å². The van der Waals surface area contributed by atoms with E-state index in [4.69, 9.17) is 5.84 Å². The van der Waals surface area contributed by atoms with Gasteiger partial charge in [0.25, 0.3) is 0 Å². The van der Waals surface area contributed by atoms with E-state index in [0.29, 0.717) is 12.8 Å². The van der Waals surface area contributed by atoms with Gasteiger partial charge in [-0.05, 0) is 12.8 Å². The number of hydrogen-bond acceptors (Lipinski definition) is 3. The molecule has 1 atom stereocenters. The van der Waals surface area contributed by atoms with Crippen molar-refractivity contribution in [3.05, 3.63) is 18.2 Å². The molecule has 0 spiro atoms. The van der Waals surface area contributed by atoms with Crippen molar-refractivity contribution in [1.29, 1.82) is 0 Å². The molecule has 3 N–H and O–H groups in total. The molecule has 7 heteroatoms. The van der Waals surface area contributed by atoms with E-state index in [1.54, 1.807) is 12.4 Å². The van der Waals surface area contributed by atoms with Crippen molar-refractivity contribution in [2.45, 2.75) is 37.9 Å². The Kier molecular flexibility index (Phi) is 4.95. The van der Waals surface area contributed by atoms with Crippen LogP contribution in [0.15, 0.2) is 12.4 Å². The molecular formula is C10H17F3N4. The second-order valence-corrected chi connectivity index (χ2v) is 4.01. The molecule has 0 aliphatic rings. The lowest BCUT2D eigenvalue weighted by Gasteiger charge is -2.16. The summed E-state index contributed by atoms with van der Waals surface area (Å²) in [6, 6.07) is -0.340. The molecule has 0 bridgehead atoms. The zero-order valence-electron chi connectivity index (χ0n) is 9.67. The minimum Gasteiger partial charge on any atom is -0.338 e. The molecule has 0 aliphatic heterocycles. The number of hydrogen-bond donors (Lipinski definition) is 2. The van der Waals surface area contributed by atoms with Crippen molar-refractivity contribution < 1.29 is 13.2 Å². The third-order valence-corrected chi connectivity index (χ3v) is 2.65. The maximum atomic E-state index is 12.0. The van der Waals surface area contributed by atoms with Crippen LogP contribution in [-0.4, -0.2) is 21.8 Å². The van der Waals surface area contributed by atoms with Crippen LogP contribution in [0, 0.1) is 0 Å². The first-order valence-electron chi connectivity index (χ1n) is 5.41. The number of nitrogens with zero attached hydrogens (tertiary/aromatic N) is 2. The van der Waals surface area contributed by atoms with Gasteiger partial charge in [0.2, 0.25) is 0 Å². The van der Waals surface area contributed by atoms with Gasteiger partial charge in [0.1, 0.15) is 5.82 Å². The molecular weight excluding hydrogens is 233 g/mol. The Balaban J connectivity index is 2.35. The number of halogens is 3. The maximum absolute atomic E-state index is 12.0. The number of nitrogens with two attached hydrogens (primary N) is 1. The summed E-state index contributed by atoms with van der Waals surface area (Å²) in [6.45, 7) is 0. The summed E-state index contributed by atoms with van der Waals surface area (Å²) in [6.07, 6.45) is -0.343. The van der Waals surface area contributed by atoms with Crippen LogP contribution >= 0.6 is 0 Å². The molecule has 4 nitrogen and oxygen atoms in total. The van der Waals surface area contributed by atoms with Crippen molar-refractivity contribution in [2.24, 2.45) is 12.9 Å². The lowest BCUT2D eigenvalue weighted by Crippen LogP contribution is -2.36. The first-order chi connectivity index (χ1) is 7.92. The quantitative estimate of drug-likeness (QED) is 0.594. The Morgan fingerprint density at radius 2 is 2.18 bits per heavy atom. The van der Waals surface area contributed by atoms with Crippen LogP contribution in [0.3, 0.4) is 0 Å². The SMILES string of the molecule is Cn1ccnc1CCC(CCC(F)(F)F)NN. The van der Waals surface area contributed by atoms with Gasteiger partial charge in [-0.3, -0.25) is 11.3 Å². The highest BCUT2D eigenvalue weighted by atomic mass is 19.4. The second kappa shape index (κ2) is 6.02. The molecule has 0 amide bonds. The van der Waals surface area contributed by atoms with Crippen LogP contribution in [0.5, 0.6) is 0 Å². The average molecular weight is 250 g/mol. The monoisotopic (exact) mass is 250 g/mol. The Morgan fingerprint density at radius 1 is 1.47 bits per heavy atom. The zero-order valence-corrected chi connectivity index (χ0v) is 9.67. The maximum Gasteiger partial charge on any atom is 0.389 e. The van der Waals surface area contributed by atoms with Gasteiger partial charge in [0.15, 0.2) is 0 Å². The number of imidazole rings is 1. The molecule has 1 aromatic rings. The molecule has 98 valence electrons. The van der Waals surface area contributed by atoms with Gasteiger partial charge < -0.3 is 4.57 Å². The molecule has 0 fully saturated rings. The topological polar surface area (TPSA) is 55.9 Å². The van der Waals surface area contributed by atoms with E-state index in [1.165, 1.54) is 0 Å². The number of nitrogens with one attached hydrogen (secondary N) is 1. The standard InChI is InChI=1S/C10H17F3N4/c1-17-7-6-15-9(17)3-2-8(16-14)4-5-10(11,12)13/h6-8,16H,2-5,14H2,1H3. The summed E-state index contributed by atoms with van der Waals surface area (Å²) in [5, 5.41) is 0. The van der Waals surface area contributed by atoms with Crippen molar-refractivity contribution in [3.63, 3.8) is 0 Å². The van der Waals surface area contributed by atoms with Crippen molar-refractivity contribution >= 4 is 0 Å². The van der Waals surface area contributed by atoms with Gasteiger partial charge in [-0.2, -0.15) is 13.2 Å². The van der Waals surface area contributed by atoms with Gasteiger partial charge >= 0.3 is 6.18 Å². The van der Waals surface area contributed by atoms with Gasteiger partial charge in [0.05, 0.1) is 0 Å². The molecule has 1 unspecified atom stereocenters. The van der Waals surface area contributed by atoms with Crippen LogP contribution in [-0.2, 0) is 13.5 Å². The average Bonchev–Trinajstić information content (AvgIpc) is 2.63. The van der Waals surface area contributed by atoms with E-state index in [0.717, 1.165) is 5.82 Å². The van der Waals surface area contributed by atoms with Crippen molar-refractivity contribution in [3.8, 4) is 0 Å². The lowest BCUT2D eigenvalue weighted by molar-refractivity contribution is -0.136. The Bertz CT molecular complexity index is 335. The van der Waals surface area contributed by atoms with E-state index in [9.17, 15) is 13.2 Å². The molecule has 0 saturated heterocycles. The predicted molar refractivity (Wildman–Crippen MR) is 57.9 cm³/mol. The van der Waals surface area contributed by atoms with Gasteiger partial charge in [-0.1, -0.05) is 0 Å². The van der Waals surface area contributed by atoms with E-state index in [1.807, 2.05) is 11.6 Å². The van der Waals surface area contributed by atoms with Gasteiger partial charge in [-0.15, -0.1) is 0 Å². The minimum atomic E-state index is -4.13. The van der Waals surface area contributed by atoms with E-state index in [-0.39, 0.29) is 12.5 Å². The van der Waals surface area contributed by atoms with Crippen LogP contribution < -0.4 is 11.3 Å². The Hall–Kier alpha value is -1.08. The first-order valence-corrected chi connectivity index (χ1v) is 5.41. The molecule has 17 heavy (non-hydrogen) atoms. The summed E-state index contributed by atoms with van der Waals surface area (Å²) >= 11 is 0. The first kappa shape index (κ1) is 14.0. The summed E-state index contributed by atoms with van der Waals surface area (Å²) < 4.78 is 38.0. The van der Waals surface area contributed by atoms with E-state index >= 15 is 0 Å². The summed E-state index contributed by atoms with van der Waals surface area (Å²) in [4.78, 5) is 4.10. The molecule has 1 aromatic heterocycles. The minimum absolute atomic E-state index is 0.00950. The molecule has 0 aliphatic carbocycles. The number of alkyl halides is 3. The highest BCUT2D eigenvalue weighted by molar-refractivity contribution is 4.91. The fourth-order valence-corrected chi connectivity index (χ4v) is 1.59. The highest BCUT2D eigenvalue weighted by Crippen LogP contribution is 2.23. The zero-order chi connectivity index (χ0) is 12.9. The molecule has 1 heterocycles. The molecule has 0 saturated carbocycles. The largest absolute Gasteiger partial charge is 0.389 e. The lowest BCUT2D eigenvalue weighted by atomic mass is 10.1. The number of rotatable bonds is 6. The van der Waals surface area contributed by atoms with Crippen molar-refractivity contribution in [2.75, 3.05) is 0 Å². The van der Waals surface area contributed by atoms with Gasteiger partial charge in [-0.25, -0.2) is 4.98 Å². The third-order valence-electron chi connectivity index (χ3n) is 2.65. The smallest absolute Gasteiger partial charge is 0.338 e. The normalized spacial score (nSPS) is 13.9. The molecule has 1 rings (SSSR count).